The average Bonchev–Trinajstić information content (AvgIpc) is 3.37. The average molecular weight is 510 g/mol. The van der Waals surface area contributed by atoms with Crippen molar-refractivity contribution >= 4 is 11.7 Å². The number of hydrogen-bond acceptors (Lipinski definition) is 4. The quantitative estimate of drug-likeness (QED) is 0.366. The number of piperidine rings is 1. The van der Waals surface area contributed by atoms with Crippen molar-refractivity contribution in [1.82, 2.24) is 0 Å². The molecule has 1 amide bonds. The Morgan fingerprint density at radius 3 is 2.79 bits per heavy atom. The number of carbonyl (C=O) groups excluding carboxylic acids is 2. The number of primary amides is 1. The zero-order valence-electron chi connectivity index (χ0n) is 16.6. The summed E-state index contributed by atoms with van der Waals surface area (Å²) in [6.45, 7) is 2.03. The third-order valence-corrected chi connectivity index (χ3v) is 8.56. The first-order chi connectivity index (χ1) is 13.3. The lowest BCUT2D eigenvalue weighted by atomic mass is 9.48. The van der Waals surface area contributed by atoms with Gasteiger partial charge < -0.3 is 44.0 Å². The van der Waals surface area contributed by atoms with E-state index in [0.717, 1.165) is 41.0 Å². The van der Waals surface area contributed by atoms with E-state index in [1.807, 2.05) is 6.07 Å². The summed E-state index contributed by atoms with van der Waals surface area (Å²) in [7, 11) is 2.29. The molecule has 1 aromatic rings. The molecule has 5 aliphatic rings. The summed E-state index contributed by atoms with van der Waals surface area (Å²) in [5.74, 6) is 0.718. The van der Waals surface area contributed by atoms with Gasteiger partial charge in [-0.05, 0) is 30.9 Å². The number of halogens is 1. The lowest BCUT2D eigenvalue weighted by Gasteiger charge is -2.64. The minimum atomic E-state index is -0.984. The first kappa shape index (κ1) is 19.8. The molecular weight excluding hydrogens is 483 g/mol. The molecule has 3 fully saturated rings. The zero-order chi connectivity index (χ0) is 19.5. The van der Waals surface area contributed by atoms with Crippen molar-refractivity contribution in [2.24, 2.45) is 11.7 Å². The van der Waals surface area contributed by atoms with Crippen molar-refractivity contribution in [2.75, 3.05) is 20.1 Å². The van der Waals surface area contributed by atoms with E-state index in [4.69, 9.17) is 10.5 Å². The predicted octanol–water partition coefficient (Wildman–Crippen LogP) is -1.93. The Kier molecular flexibility index (Phi) is 4.05. The van der Waals surface area contributed by atoms with E-state index >= 15 is 0 Å². The molecule has 3 aliphatic carbocycles. The highest BCUT2D eigenvalue weighted by Gasteiger charge is 2.76. The Morgan fingerprint density at radius 2 is 2.10 bits per heavy atom. The second-order valence-corrected chi connectivity index (χ2v) is 10.00. The van der Waals surface area contributed by atoms with Crippen LogP contribution in [0, 0.1) is 5.92 Å². The van der Waals surface area contributed by atoms with Crippen LogP contribution >= 0.6 is 0 Å². The van der Waals surface area contributed by atoms with Gasteiger partial charge in [0.15, 0.2) is 11.9 Å². The number of rotatable bonds is 3. The molecule has 5 unspecified atom stereocenters. The van der Waals surface area contributed by atoms with Crippen LogP contribution in [0.5, 0.6) is 5.75 Å². The highest BCUT2D eigenvalue weighted by molar-refractivity contribution is 5.98. The Labute approximate surface area is 187 Å². The molecule has 1 spiro atoms. The zero-order valence-corrected chi connectivity index (χ0v) is 18.8. The Balaban J connectivity index is 0.00000181. The van der Waals surface area contributed by atoms with Gasteiger partial charge in [-0.3, -0.25) is 9.59 Å². The van der Waals surface area contributed by atoms with Gasteiger partial charge in [0.25, 0.3) is 5.91 Å². The van der Waals surface area contributed by atoms with Gasteiger partial charge in [0.05, 0.1) is 31.1 Å². The van der Waals surface area contributed by atoms with Gasteiger partial charge in [0.1, 0.15) is 17.4 Å². The van der Waals surface area contributed by atoms with Crippen LogP contribution in [0.3, 0.4) is 0 Å². The van der Waals surface area contributed by atoms with Crippen LogP contribution in [-0.2, 0) is 16.6 Å². The normalized spacial score (nSPS) is 41.2. The Morgan fingerprint density at radius 1 is 1.34 bits per heavy atom. The number of likely N-dealkylation sites (tertiary alicyclic amines) is 1. The molecular formula is C22H27IN2O4. The standard InChI is InChI=1S/C22H26N2O4.HI/c1-24(11-12-2-3-12)9-8-21-17-13-4-5-14(20(23)26)18(17)28-19(21)15(25)6-7-22(21,27)16(24)10-13;/h4-5,12,16,19,27H,2-3,6-11H2,1H3,(H-,23,26);1H. The molecule has 2 aliphatic heterocycles. The predicted molar refractivity (Wildman–Crippen MR) is 101 cm³/mol. The van der Waals surface area contributed by atoms with E-state index in [1.165, 1.54) is 12.8 Å². The van der Waals surface area contributed by atoms with Crippen LogP contribution < -0.4 is 34.4 Å². The number of ether oxygens (including phenoxy) is 1. The molecule has 6 rings (SSSR count). The number of likely N-dealkylation sites (N-methyl/N-ethyl adjacent to an activating group) is 1. The number of carbonyl (C=O) groups is 2. The second-order valence-electron chi connectivity index (χ2n) is 10.00. The minimum absolute atomic E-state index is 0. The van der Waals surface area contributed by atoms with Crippen LogP contribution in [0.15, 0.2) is 12.1 Å². The lowest BCUT2D eigenvalue weighted by Crippen LogP contribution is -3.00. The summed E-state index contributed by atoms with van der Waals surface area (Å²) in [5.41, 5.74) is 6.24. The molecule has 2 saturated carbocycles. The third kappa shape index (κ3) is 2.24. The number of benzene rings is 1. The largest absolute Gasteiger partial charge is 1.00 e. The molecule has 156 valence electrons. The van der Waals surface area contributed by atoms with Gasteiger partial charge >= 0.3 is 0 Å². The summed E-state index contributed by atoms with van der Waals surface area (Å²) in [6.07, 6.45) is 4.16. The Bertz CT molecular complexity index is 947. The first-order valence-corrected chi connectivity index (χ1v) is 10.5. The third-order valence-electron chi connectivity index (χ3n) is 8.56. The van der Waals surface area contributed by atoms with E-state index < -0.39 is 23.0 Å². The van der Waals surface area contributed by atoms with E-state index in [9.17, 15) is 14.7 Å². The van der Waals surface area contributed by atoms with Crippen LogP contribution in [0.2, 0.25) is 0 Å². The van der Waals surface area contributed by atoms with Crippen molar-refractivity contribution in [2.45, 2.75) is 61.7 Å². The summed E-state index contributed by atoms with van der Waals surface area (Å²) in [6, 6.07) is 3.77. The van der Waals surface area contributed by atoms with E-state index in [2.05, 4.69) is 7.05 Å². The van der Waals surface area contributed by atoms with Crippen molar-refractivity contribution < 1.29 is 47.9 Å². The molecule has 6 nitrogen and oxygen atoms in total. The van der Waals surface area contributed by atoms with Crippen LogP contribution in [0.25, 0.3) is 0 Å². The topological polar surface area (TPSA) is 89.6 Å². The van der Waals surface area contributed by atoms with E-state index in [-0.39, 0.29) is 35.8 Å². The van der Waals surface area contributed by atoms with Crippen LogP contribution in [-0.4, -0.2) is 59.2 Å². The maximum atomic E-state index is 12.9. The van der Waals surface area contributed by atoms with Gasteiger partial charge in [-0.2, -0.15) is 0 Å². The number of aliphatic hydroxyl groups is 1. The number of hydrogen-bond donors (Lipinski definition) is 2. The van der Waals surface area contributed by atoms with Gasteiger partial charge in [-0.1, -0.05) is 6.07 Å². The molecule has 1 aromatic carbocycles. The summed E-state index contributed by atoms with van der Waals surface area (Å²) in [4.78, 5) is 25.0. The number of Topliss-reactive ketones (excluding diaryl/α,β-unsaturated/α-hetero) is 1. The monoisotopic (exact) mass is 510 g/mol. The van der Waals surface area contributed by atoms with E-state index in [0.29, 0.717) is 30.6 Å². The molecule has 7 heteroatoms. The van der Waals surface area contributed by atoms with Crippen LogP contribution in [0.1, 0.15) is 53.6 Å². The fourth-order valence-corrected chi connectivity index (χ4v) is 7.15. The number of quaternary nitrogens is 1. The lowest BCUT2D eigenvalue weighted by molar-refractivity contribution is -0.950. The number of nitrogens with two attached hydrogens (primary N) is 1. The number of ketones is 1. The SMILES string of the molecule is C[N+]1(CC2CC2)CCC23c4c5ccc(C(N)=O)c4OC2C(=O)CCC3(O)C1C5.[I-]. The first-order valence-electron chi connectivity index (χ1n) is 10.5. The maximum absolute atomic E-state index is 12.9. The molecule has 2 bridgehead atoms. The van der Waals surface area contributed by atoms with Gasteiger partial charge in [-0.25, -0.2) is 0 Å². The summed E-state index contributed by atoms with van der Waals surface area (Å²) in [5, 5.41) is 12.3. The molecule has 29 heavy (non-hydrogen) atoms. The molecule has 0 radical (unpaired) electrons. The van der Waals surface area contributed by atoms with Gasteiger partial charge in [0.2, 0.25) is 0 Å². The maximum Gasteiger partial charge on any atom is 0.252 e. The summed E-state index contributed by atoms with van der Waals surface area (Å²) >= 11 is 0. The van der Waals surface area contributed by atoms with Gasteiger partial charge in [-0.15, -0.1) is 0 Å². The number of nitrogens with zero attached hydrogens (tertiary/aromatic N) is 1. The molecule has 1 saturated heterocycles. The second kappa shape index (κ2) is 5.95. The molecule has 5 atom stereocenters. The van der Waals surface area contributed by atoms with E-state index in [1.54, 1.807) is 6.07 Å². The summed E-state index contributed by atoms with van der Waals surface area (Å²) < 4.78 is 7.06. The fourth-order valence-electron chi connectivity index (χ4n) is 7.15. The van der Waals surface area contributed by atoms with Crippen molar-refractivity contribution in [1.29, 1.82) is 0 Å². The van der Waals surface area contributed by atoms with Crippen molar-refractivity contribution in [3.05, 3.63) is 28.8 Å². The fraction of sp³-hybridized carbons (Fsp3) is 0.636. The highest BCUT2D eigenvalue weighted by Crippen LogP contribution is 2.65. The molecule has 2 heterocycles. The van der Waals surface area contributed by atoms with Crippen molar-refractivity contribution in [3.63, 3.8) is 0 Å². The smallest absolute Gasteiger partial charge is 0.252 e. The highest BCUT2D eigenvalue weighted by atomic mass is 127. The Hall–Kier alpha value is -1.19. The molecule has 3 N–H and O–H groups in total. The minimum Gasteiger partial charge on any atom is -1.00 e. The van der Waals surface area contributed by atoms with Crippen molar-refractivity contribution in [3.8, 4) is 5.75 Å². The molecule has 0 aromatic heterocycles. The van der Waals surface area contributed by atoms with Crippen LogP contribution in [0.4, 0.5) is 0 Å². The van der Waals surface area contributed by atoms with Gasteiger partial charge in [0, 0.05) is 30.7 Å². The number of amides is 1.